The Bertz CT molecular complexity index is 1040. The molecule has 0 radical (unpaired) electrons. The first-order valence-electron chi connectivity index (χ1n) is 14.5. The molecular weight excluding hydrogens is 504 g/mol. The van der Waals surface area contributed by atoms with Gasteiger partial charge in [0.1, 0.15) is 6.61 Å². The molecule has 39 heavy (non-hydrogen) atoms. The molecule has 2 aromatic carbocycles. The highest BCUT2D eigenvalue weighted by Crippen LogP contribution is 2.44. The van der Waals surface area contributed by atoms with Gasteiger partial charge in [0.05, 0.1) is 30.8 Å². The van der Waals surface area contributed by atoms with Crippen molar-refractivity contribution in [1.29, 1.82) is 0 Å². The maximum absolute atomic E-state index is 12.7. The topological polar surface area (TPSA) is 65.0 Å². The van der Waals surface area contributed by atoms with Crippen LogP contribution in [0.5, 0.6) is 0 Å². The fourth-order valence-corrected chi connectivity index (χ4v) is 11.1. The molecule has 7 atom stereocenters. The van der Waals surface area contributed by atoms with Gasteiger partial charge in [0, 0.05) is 5.92 Å². The van der Waals surface area contributed by atoms with E-state index < -0.39 is 14.4 Å². The van der Waals surface area contributed by atoms with Crippen molar-refractivity contribution >= 4 is 24.7 Å². The number of hydrogen-bond donors (Lipinski definition) is 1. The zero-order valence-electron chi connectivity index (χ0n) is 24.2. The number of hydrogen-bond acceptors (Lipinski definition) is 5. The van der Waals surface area contributed by atoms with Crippen molar-refractivity contribution in [2.45, 2.75) is 89.8 Å². The summed E-state index contributed by atoms with van der Waals surface area (Å²) >= 11 is 0. The van der Waals surface area contributed by atoms with Crippen LogP contribution in [-0.2, 0) is 18.7 Å². The van der Waals surface area contributed by atoms with Crippen LogP contribution in [0.25, 0.3) is 0 Å². The van der Waals surface area contributed by atoms with Gasteiger partial charge in [-0.2, -0.15) is 0 Å². The number of esters is 1. The monoisotopic (exact) mass is 550 g/mol. The van der Waals surface area contributed by atoms with Crippen LogP contribution in [0.15, 0.2) is 73.3 Å². The highest BCUT2D eigenvalue weighted by atomic mass is 28.4. The Hall–Kier alpha value is -2.25. The predicted molar refractivity (Wildman–Crippen MR) is 159 cm³/mol. The number of rotatable bonds is 11. The van der Waals surface area contributed by atoms with E-state index in [0.717, 1.165) is 6.42 Å². The molecule has 1 N–H and O–H groups in total. The van der Waals surface area contributed by atoms with Crippen molar-refractivity contribution in [3.8, 4) is 0 Å². The average Bonchev–Trinajstić information content (AvgIpc) is 3.65. The van der Waals surface area contributed by atoms with Crippen molar-refractivity contribution in [2.24, 2.45) is 17.8 Å². The molecule has 2 fully saturated rings. The Balaban J connectivity index is 1.70. The van der Waals surface area contributed by atoms with Crippen LogP contribution in [0.3, 0.4) is 0 Å². The van der Waals surface area contributed by atoms with Gasteiger partial charge < -0.3 is 19.0 Å². The molecule has 0 bridgehead atoms. The molecule has 0 aromatic heterocycles. The third-order valence-corrected chi connectivity index (χ3v) is 13.7. The van der Waals surface area contributed by atoms with Gasteiger partial charge in [-0.1, -0.05) is 108 Å². The normalized spacial score (nSPS) is 27.9. The summed E-state index contributed by atoms with van der Waals surface area (Å²) in [4.78, 5) is 12.7. The molecule has 0 unspecified atom stereocenters. The van der Waals surface area contributed by atoms with E-state index in [0.29, 0.717) is 24.7 Å². The average molecular weight is 551 g/mol. The smallest absolute Gasteiger partial charge is 0.308 e. The largest absolute Gasteiger partial charge is 0.461 e. The van der Waals surface area contributed by atoms with Gasteiger partial charge in [-0.25, -0.2) is 0 Å². The fraction of sp³-hybridized carbons (Fsp3) is 0.545. The Morgan fingerprint density at radius 1 is 1.08 bits per heavy atom. The first kappa shape index (κ1) is 29.7. The standard InChI is InChI=1S/C33H46O5Si/c1-7-18-36-32(35)22-30-24(3)31(21-25(37-30)20-29(34)28-19-23(28)2)38-39(33(4,5)6,26-14-10-8-11-15-26)27-16-12-9-13-17-27/h7-17,23-25,28-31,34H,1,18-22H2,2-6H3/t23-,24-,25+,28-,29-,30-,31-/m0/s1. The second kappa shape index (κ2) is 12.5. The summed E-state index contributed by atoms with van der Waals surface area (Å²) < 4.78 is 19.4. The summed E-state index contributed by atoms with van der Waals surface area (Å²) in [6, 6.07) is 21.3. The summed E-state index contributed by atoms with van der Waals surface area (Å²) in [5.74, 6) is 0.556. The first-order valence-corrected chi connectivity index (χ1v) is 16.4. The number of aliphatic hydroxyl groups is 1. The number of benzene rings is 2. The summed E-state index contributed by atoms with van der Waals surface area (Å²) in [7, 11) is -2.81. The highest BCUT2D eigenvalue weighted by molar-refractivity contribution is 6.99. The van der Waals surface area contributed by atoms with Crippen LogP contribution in [0.1, 0.15) is 60.3 Å². The van der Waals surface area contributed by atoms with Crippen molar-refractivity contribution in [1.82, 2.24) is 0 Å². The van der Waals surface area contributed by atoms with Crippen LogP contribution in [-0.4, -0.2) is 50.4 Å². The molecule has 6 heteroatoms. The number of aliphatic hydroxyl groups excluding tert-OH is 1. The minimum atomic E-state index is -2.81. The fourth-order valence-electron chi connectivity index (χ4n) is 6.31. The highest BCUT2D eigenvalue weighted by Gasteiger charge is 2.53. The van der Waals surface area contributed by atoms with E-state index in [9.17, 15) is 9.90 Å². The van der Waals surface area contributed by atoms with Gasteiger partial charge in [-0.3, -0.25) is 4.79 Å². The Morgan fingerprint density at radius 2 is 1.64 bits per heavy atom. The van der Waals surface area contributed by atoms with Crippen LogP contribution in [0.4, 0.5) is 0 Å². The Labute approximate surface area is 235 Å². The Kier molecular flexibility index (Phi) is 9.53. The SMILES string of the molecule is C=CCOC(=O)C[C@@H]1O[C@H](C[C@H](O)[C@H]2C[C@@H]2C)C[C@H](O[Si](c2ccccc2)(c2ccccc2)C(C)(C)C)[C@H]1C. The van der Waals surface area contributed by atoms with E-state index in [1.807, 2.05) is 0 Å². The second-order valence-electron chi connectivity index (χ2n) is 12.6. The minimum absolute atomic E-state index is 0.0313. The lowest BCUT2D eigenvalue weighted by Gasteiger charge is -2.49. The second-order valence-corrected chi connectivity index (χ2v) is 16.8. The predicted octanol–water partition coefficient (Wildman–Crippen LogP) is 5.25. The van der Waals surface area contributed by atoms with Crippen LogP contribution < -0.4 is 10.4 Å². The molecular formula is C33H46O5Si. The summed E-state index contributed by atoms with van der Waals surface area (Å²) in [5, 5.41) is 13.2. The Morgan fingerprint density at radius 3 is 2.13 bits per heavy atom. The van der Waals surface area contributed by atoms with Crippen LogP contribution >= 0.6 is 0 Å². The van der Waals surface area contributed by atoms with Crippen molar-refractivity contribution < 1.29 is 23.8 Å². The molecule has 1 saturated heterocycles. The van der Waals surface area contributed by atoms with E-state index in [2.05, 4.69) is 102 Å². The minimum Gasteiger partial charge on any atom is -0.461 e. The summed E-state index contributed by atoms with van der Waals surface area (Å²) in [6.45, 7) is 15.0. The van der Waals surface area contributed by atoms with Gasteiger partial charge in [0.25, 0.3) is 8.32 Å². The van der Waals surface area contributed by atoms with E-state index in [1.54, 1.807) is 6.08 Å². The molecule has 2 aromatic rings. The first-order chi connectivity index (χ1) is 18.6. The lowest BCUT2D eigenvalue weighted by atomic mass is 9.87. The van der Waals surface area contributed by atoms with E-state index in [1.165, 1.54) is 10.4 Å². The lowest BCUT2D eigenvalue weighted by Crippen LogP contribution is -2.69. The molecule has 212 valence electrons. The zero-order valence-corrected chi connectivity index (χ0v) is 25.2. The molecule has 0 amide bonds. The van der Waals surface area contributed by atoms with Crippen LogP contribution in [0, 0.1) is 17.8 Å². The third kappa shape index (κ3) is 6.74. The van der Waals surface area contributed by atoms with Gasteiger partial charge >= 0.3 is 5.97 Å². The molecule has 2 aliphatic rings. The lowest BCUT2D eigenvalue weighted by molar-refractivity contribution is -0.162. The molecule has 5 nitrogen and oxygen atoms in total. The van der Waals surface area contributed by atoms with E-state index in [4.69, 9.17) is 13.9 Å². The number of carbonyl (C=O) groups is 1. The molecule has 1 saturated carbocycles. The number of ether oxygens (including phenoxy) is 2. The summed E-state index contributed by atoms with van der Waals surface area (Å²) in [5.41, 5.74) is 0. The molecule has 0 spiro atoms. The van der Waals surface area contributed by atoms with Gasteiger partial charge in [-0.05, 0) is 46.5 Å². The number of carbonyl (C=O) groups excluding carboxylic acids is 1. The maximum Gasteiger partial charge on any atom is 0.308 e. The van der Waals surface area contributed by atoms with Crippen molar-refractivity contribution in [3.05, 3.63) is 73.3 Å². The van der Waals surface area contributed by atoms with E-state index >= 15 is 0 Å². The van der Waals surface area contributed by atoms with Gasteiger partial charge in [-0.15, -0.1) is 0 Å². The van der Waals surface area contributed by atoms with Crippen molar-refractivity contribution in [2.75, 3.05) is 6.61 Å². The third-order valence-electron chi connectivity index (χ3n) is 8.68. The molecule has 1 heterocycles. The summed E-state index contributed by atoms with van der Waals surface area (Å²) in [6.07, 6.45) is 2.94. The molecule has 4 rings (SSSR count). The van der Waals surface area contributed by atoms with Gasteiger partial charge in [0.15, 0.2) is 0 Å². The van der Waals surface area contributed by atoms with Crippen molar-refractivity contribution in [3.63, 3.8) is 0 Å². The molecule has 1 aliphatic heterocycles. The molecule has 1 aliphatic carbocycles. The van der Waals surface area contributed by atoms with Crippen LogP contribution in [0.2, 0.25) is 5.04 Å². The maximum atomic E-state index is 12.7. The van der Waals surface area contributed by atoms with Gasteiger partial charge in [0.2, 0.25) is 0 Å². The quantitative estimate of drug-likeness (QED) is 0.235. The zero-order chi connectivity index (χ0) is 28.2. The van der Waals surface area contributed by atoms with E-state index in [-0.39, 0.29) is 48.3 Å².